The van der Waals surface area contributed by atoms with Crippen molar-refractivity contribution in [1.29, 1.82) is 0 Å². The molecule has 0 saturated carbocycles. The van der Waals surface area contributed by atoms with Gasteiger partial charge < -0.3 is 30.1 Å². The number of carbonyl (C=O) groups is 4. The van der Waals surface area contributed by atoms with Gasteiger partial charge in [0.15, 0.2) is 0 Å². The molecule has 0 radical (unpaired) electrons. The summed E-state index contributed by atoms with van der Waals surface area (Å²) in [6.07, 6.45) is 2.15. The predicted octanol–water partition coefficient (Wildman–Crippen LogP) is 2.51. The molecule has 2 aromatic carbocycles. The van der Waals surface area contributed by atoms with E-state index in [1.165, 1.54) is 11.0 Å². The summed E-state index contributed by atoms with van der Waals surface area (Å²) in [6.45, 7) is 2.35. The maximum absolute atomic E-state index is 12.8. The maximum atomic E-state index is 12.8. The summed E-state index contributed by atoms with van der Waals surface area (Å²) in [5.41, 5.74) is 2.81. The zero-order chi connectivity index (χ0) is 26.6. The standard InChI is InChI=1S/C27H30ClN5O5/c28-21-15-19(5-6-23(21)33-13-14-38-17-25(33)35)26(36)29-16-24(34)31-10-8-20(9-11-31)32-12-7-18-3-1-2-4-22(18)30-27(32)37/h1-6,15,20H,7-14,16-17H2,(H,29,36)(H,30,37). The molecule has 2 saturated heterocycles. The van der Waals surface area contributed by atoms with E-state index in [-0.39, 0.29) is 42.1 Å². The van der Waals surface area contributed by atoms with Crippen molar-refractivity contribution in [3.8, 4) is 0 Å². The zero-order valence-corrected chi connectivity index (χ0v) is 21.7. The number of nitrogens with zero attached hydrogens (tertiary/aromatic N) is 3. The number of rotatable bonds is 5. The van der Waals surface area contributed by atoms with Crippen LogP contribution in [-0.2, 0) is 20.7 Å². The van der Waals surface area contributed by atoms with Crippen LogP contribution in [0.2, 0.25) is 5.02 Å². The summed E-state index contributed by atoms with van der Waals surface area (Å²) in [6, 6.07) is 12.5. The molecule has 0 unspecified atom stereocenters. The van der Waals surface area contributed by atoms with Crippen LogP contribution >= 0.6 is 11.6 Å². The highest BCUT2D eigenvalue weighted by Crippen LogP contribution is 2.28. The van der Waals surface area contributed by atoms with Crippen LogP contribution in [0, 0.1) is 0 Å². The largest absolute Gasteiger partial charge is 0.370 e. The van der Waals surface area contributed by atoms with E-state index in [0.29, 0.717) is 56.9 Å². The Bertz CT molecular complexity index is 1250. The van der Waals surface area contributed by atoms with Crippen molar-refractivity contribution in [2.75, 3.05) is 56.2 Å². The number of urea groups is 1. The Hall–Kier alpha value is -3.63. The minimum Gasteiger partial charge on any atom is -0.370 e. The van der Waals surface area contributed by atoms with Crippen LogP contribution in [-0.4, -0.2) is 85.5 Å². The van der Waals surface area contributed by atoms with Crippen LogP contribution in [0.25, 0.3) is 0 Å². The number of morpholine rings is 1. The Balaban J connectivity index is 1.10. The first-order valence-electron chi connectivity index (χ1n) is 12.8. The average Bonchev–Trinajstić information content (AvgIpc) is 3.10. The fourth-order valence-corrected chi connectivity index (χ4v) is 5.46. The summed E-state index contributed by atoms with van der Waals surface area (Å²) in [5, 5.41) is 5.95. The Morgan fingerprint density at radius 2 is 1.84 bits per heavy atom. The number of anilines is 2. The van der Waals surface area contributed by atoms with Crippen molar-refractivity contribution in [2.45, 2.75) is 25.3 Å². The maximum Gasteiger partial charge on any atom is 0.322 e. The number of ether oxygens (including phenoxy) is 1. The SMILES string of the molecule is O=C(NCC(=O)N1CCC(N2CCc3ccccc3NC2=O)CC1)c1ccc(N2CCOCC2=O)c(Cl)c1. The van der Waals surface area contributed by atoms with Gasteiger partial charge in [0.25, 0.3) is 11.8 Å². The first-order valence-corrected chi connectivity index (χ1v) is 13.2. The van der Waals surface area contributed by atoms with Gasteiger partial charge in [-0.2, -0.15) is 0 Å². The molecule has 200 valence electrons. The van der Waals surface area contributed by atoms with E-state index in [1.807, 2.05) is 29.2 Å². The van der Waals surface area contributed by atoms with Gasteiger partial charge in [-0.1, -0.05) is 29.8 Å². The number of likely N-dealkylation sites (tertiary alicyclic amines) is 1. The van der Waals surface area contributed by atoms with E-state index >= 15 is 0 Å². The summed E-state index contributed by atoms with van der Waals surface area (Å²) < 4.78 is 5.14. The molecule has 0 spiro atoms. The summed E-state index contributed by atoms with van der Waals surface area (Å²) >= 11 is 6.36. The molecule has 3 heterocycles. The second-order valence-corrected chi connectivity index (χ2v) is 10.00. The lowest BCUT2D eigenvalue weighted by Crippen LogP contribution is -2.51. The number of benzene rings is 2. The van der Waals surface area contributed by atoms with E-state index in [0.717, 1.165) is 17.7 Å². The average molecular weight is 540 g/mol. The van der Waals surface area contributed by atoms with Crippen LogP contribution in [0.3, 0.4) is 0 Å². The van der Waals surface area contributed by atoms with Gasteiger partial charge in [-0.3, -0.25) is 14.4 Å². The lowest BCUT2D eigenvalue weighted by Gasteiger charge is -2.38. The monoisotopic (exact) mass is 539 g/mol. The van der Waals surface area contributed by atoms with Crippen LogP contribution in [0.5, 0.6) is 0 Å². The molecule has 0 aromatic heterocycles. The van der Waals surface area contributed by atoms with Crippen LogP contribution in [0.1, 0.15) is 28.8 Å². The Labute approximate surface area is 225 Å². The van der Waals surface area contributed by atoms with E-state index in [9.17, 15) is 19.2 Å². The van der Waals surface area contributed by atoms with Gasteiger partial charge in [-0.25, -0.2) is 4.79 Å². The molecule has 0 bridgehead atoms. The lowest BCUT2D eigenvalue weighted by atomic mass is 10.0. The quantitative estimate of drug-likeness (QED) is 0.606. The number of para-hydroxylation sites is 1. The topological polar surface area (TPSA) is 111 Å². The fraction of sp³-hybridized carbons (Fsp3) is 0.407. The number of amides is 5. The van der Waals surface area contributed by atoms with Crippen molar-refractivity contribution in [1.82, 2.24) is 15.1 Å². The number of hydrogen-bond donors (Lipinski definition) is 2. The molecule has 2 aromatic rings. The Kier molecular flexibility index (Phi) is 7.80. The normalized spacial score (nSPS) is 18.5. The van der Waals surface area contributed by atoms with Crippen molar-refractivity contribution in [3.05, 3.63) is 58.6 Å². The smallest absolute Gasteiger partial charge is 0.322 e. The van der Waals surface area contributed by atoms with Gasteiger partial charge in [0.05, 0.1) is 23.9 Å². The van der Waals surface area contributed by atoms with Crippen molar-refractivity contribution in [2.24, 2.45) is 0 Å². The van der Waals surface area contributed by atoms with Gasteiger partial charge in [0.1, 0.15) is 6.61 Å². The highest BCUT2D eigenvalue weighted by molar-refractivity contribution is 6.34. The van der Waals surface area contributed by atoms with Crippen LogP contribution < -0.4 is 15.5 Å². The van der Waals surface area contributed by atoms with Gasteiger partial charge in [0, 0.05) is 43.5 Å². The molecule has 0 atom stereocenters. The molecule has 5 rings (SSSR count). The molecule has 5 amide bonds. The second-order valence-electron chi connectivity index (χ2n) is 9.59. The highest BCUT2D eigenvalue weighted by atomic mass is 35.5. The zero-order valence-electron chi connectivity index (χ0n) is 21.0. The molecule has 0 aliphatic carbocycles. The number of fused-ring (bicyclic) bond motifs is 1. The third kappa shape index (κ3) is 5.61. The van der Waals surface area contributed by atoms with Crippen LogP contribution in [0.4, 0.5) is 16.2 Å². The third-order valence-electron chi connectivity index (χ3n) is 7.29. The first-order chi connectivity index (χ1) is 18.4. The number of carbonyl (C=O) groups excluding carboxylic acids is 4. The predicted molar refractivity (Wildman–Crippen MR) is 142 cm³/mol. The summed E-state index contributed by atoms with van der Waals surface area (Å²) in [5.74, 6) is -0.784. The highest BCUT2D eigenvalue weighted by Gasteiger charge is 2.31. The number of halogens is 1. The minimum atomic E-state index is -0.421. The van der Waals surface area contributed by atoms with Crippen LogP contribution in [0.15, 0.2) is 42.5 Å². The number of nitrogens with one attached hydrogen (secondary N) is 2. The molecule has 10 nitrogen and oxygen atoms in total. The third-order valence-corrected chi connectivity index (χ3v) is 7.59. The molecule has 38 heavy (non-hydrogen) atoms. The van der Waals surface area contributed by atoms with E-state index in [4.69, 9.17) is 16.3 Å². The van der Waals surface area contributed by atoms with Gasteiger partial charge in [-0.15, -0.1) is 0 Å². The van der Waals surface area contributed by atoms with Gasteiger partial charge in [-0.05, 0) is 49.1 Å². The van der Waals surface area contributed by atoms with Crippen molar-refractivity contribution >= 4 is 46.7 Å². The molecule has 3 aliphatic heterocycles. The summed E-state index contributed by atoms with van der Waals surface area (Å²) in [4.78, 5) is 55.5. The Morgan fingerprint density at radius 3 is 2.61 bits per heavy atom. The molecule has 3 aliphatic rings. The van der Waals surface area contributed by atoms with E-state index in [2.05, 4.69) is 10.6 Å². The van der Waals surface area contributed by atoms with Crippen molar-refractivity contribution in [3.63, 3.8) is 0 Å². The molecule has 2 fully saturated rings. The number of piperidine rings is 1. The van der Waals surface area contributed by atoms with Gasteiger partial charge in [0.2, 0.25) is 5.91 Å². The second kappa shape index (κ2) is 11.4. The number of hydrogen-bond acceptors (Lipinski definition) is 5. The molecule has 2 N–H and O–H groups in total. The van der Waals surface area contributed by atoms with E-state index < -0.39 is 5.91 Å². The summed E-state index contributed by atoms with van der Waals surface area (Å²) in [7, 11) is 0. The molecular weight excluding hydrogens is 510 g/mol. The van der Waals surface area contributed by atoms with E-state index in [1.54, 1.807) is 17.0 Å². The lowest BCUT2D eigenvalue weighted by molar-refractivity contribution is -0.131. The fourth-order valence-electron chi connectivity index (χ4n) is 5.17. The minimum absolute atomic E-state index is 0.00256. The Morgan fingerprint density at radius 1 is 1.05 bits per heavy atom. The molecule has 11 heteroatoms. The van der Waals surface area contributed by atoms with Crippen molar-refractivity contribution < 1.29 is 23.9 Å². The first kappa shape index (κ1) is 26.0. The molecular formula is C27H30ClN5O5. The van der Waals surface area contributed by atoms with Gasteiger partial charge >= 0.3 is 6.03 Å².